The standard InChI is InChI=1S/C15H14I2N2O2S/c1-9(2)21-14-11(16)6-10(7-12(14)17)8-18-19-15(20)13-4-3-5-22-13/h3-9H,1-2H3,(H,19,20)/b18-8+. The van der Waals surface area contributed by atoms with Gasteiger partial charge in [0.1, 0.15) is 5.75 Å². The van der Waals surface area contributed by atoms with Crippen molar-refractivity contribution in [3.63, 3.8) is 0 Å². The molecule has 0 saturated heterocycles. The molecule has 22 heavy (non-hydrogen) atoms. The van der Waals surface area contributed by atoms with Crippen LogP contribution in [-0.4, -0.2) is 18.2 Å². The molecule has 1 heterocycles. The van der Waals surface area contributed by atoms with Gasteiger partial charge in [-0.15, -0.1) is 11.3 Å². The Morgan fingerprint density at radius 1 is 1.36 bits per heavy atom. The number of hydrogen-bond donors (Lipinski definition) is 1. The Hall–Kier alpha value is -0.680. The molecule has 0 saturated carbocycles. The lowest BCUT2D eigenvalue weighted by molar-refractivity contribution is 0.0959. The number of thiophene rings is 1. The molecule has 7 heteroatoms. The van der Waals surface area contributed by atoms with Crippen molar-refractivity contribution in [2.45, 2.75) is 20.0 Å². The van der Waals surface area contributed by atoms with Gasteiger partial charge in [-0.05, 0) is 88.2 Å². The van der Waals surface area contributed by atoms with Gasteiger partial charge >= 0.3 is 0 Å². The van der Waals surface area contributed by atoms with Gasteiger partial charge < -0.3 is 4.74 Å². The molecule has 0 fully saturated rings. The van der Waals surface area contributed by atoms with E-state index in [1.165, 1.54) is 11.3 Å². The zero-order valence-corrected chi connectivity index (χ0v) is 17.1. The van der Waals surface area contributed by atoms with E-state index in [9.17, 15) is 4.79 Å². The first-order valence-corrected chi connectivity index (χ1v) is 9.53. The third-order valence-corrected chi connectivity index (χ3v) is 4.97. The Balaban J connectivity index is 2.07. The highest BCUT2D eigenvalue weighted by Crippen LogP contribution is 2.29. The number of nitrogens with zero attached hydrogens (tertiary/aromatic N) is 1. The predicted molar refractivity (Wildman–Crippen MR) is 107 cm³/mol. The minimum absolute atomic E-state index is 0.131. The summed E-state index contributed by atoms with van der Waals surface area (Å²) in [7, 11) is 0. The number of amides is 1. The fraction of sp³-hybridized carbons (Fsp3) is 0.200. The summed E-state index contributed by atoms with van der Waals surface area (Å²) >= 11 is 5.87. The molecule has 0 aliphatic heterocycles. The lowest BCUT2D eigenvalue weighted by Gasteiger charge is -2.14. The maximum atomic E-state index is 11.8. The third-order valence-electron chi connectivity index (χ3n) is 2.50. The minimum Gasteiger partial charge on any atom is -0.489 e. The Morgan fingerprint density at radius 3 is 2.59 bits per heavy atom. The summed E-state index contributed by atoms with van der Waals surface area (Å²) in [5.74, 6) is 0.686. The average molecular weight is 540 g/mol. The largest absolute Gasteiger partial charge is 0.489 e. The molecule has 2 aromatic rings. The van der Waals surface area contributed by atoms with Crippen LogP contribution < -0.4 is 10.2 Å². The molecule has 116 valence electrons. The summed E-state index contributed by atoms with van der Waals surface area (Å²) in [5.41, 5.74) is 3.44. The molecular weight excluding hydrogens is 526 g/mol. The molecule has 0 unspecified atom stereocenters. The van der Waals surface area contributed by atoms with Crippen molar-refractivity contribution >= 4 is 68.6 Å². The Labute approximate surface area is 160 Å². The van der Waals surface area contributed by atoms with Gasteiger partial charge in [-0.3, -0.25) is 4.79 Å². The Kier molecular flexibility index (Phi) is 6.63. The van der Waals surface area contributed by atoms with Crippen LogP contribution in [0, 0.1) is 7.14 Å². The summed E-state index contributed by atoms with van der Waals surface area (Å²) in [5, 5.41) is 5.86. The molecular formula is C15H14I2N2O2S. The van der Waals surface area contributed by atoms with Crippen molar-refractivity contribution in [1.82, 2.24) is 5.43 Å². The number of rotatable bonds is 5. The van der Waals surface area contributed by atoms with Gasteiger partial charge in [-0.1, -0.05) is 6.07 Å². The maximum Gasteiger partial charge on any atom is 0.281 e. The highest BCUT2D eigenvalue weighted by Gasteiger charge is 2.10. The van der Waals surface area contributed by atoms with E-state index in [1.807, 2.05) is 37.4 Å². The number of carbonyl (C=O) groups excluding carboxylic acids is 1. The zero-order chi connectivity index (χ0) is 16.1. The van der Waals surface area contributed by atoms with Crippen LogP contribution in [0.1, 0.15) is 29.1 Å². The third kappa shape index (κ3) is 4.92. The Bertz CT molecular complexity index is 662. The molecule has 0 spiro atoms. The molecule has 0 radical (unpaired) electrons. The topological polar surface area (TPSA) is 50.7 Å². The number of carbonyl (C=O) groups is 1. The number of halogens is 2. The van der Waals surface area contributed by atoms with Crippen molar-refractivity contribution in [3.05, 3.63) is 47.2 Å². The van der Waals surface area contributed by atoms with Crippen LogP contribution in [0.4, 0.5) is 0 Å². The van der Waals surface area contributed by atoms with Gasteiger partial charge in [0.25, 0.3) is 5.91 Å². The lowest BCUT2D eigenvalue weighted by Crippen LogP contribution is -2.16. The number of hydrazone groups is 1. The van der Waals surface area contributed by atoms with Crippen molar-refractivity contribution < 1.29 is 9.53 Å². The van der Waals surface area contributed by atoms with Crippen molar-refractivity contribution in [3.8, 4) is 5.75 Å². The first-order chi connectivity index (χ1) is 10.5. The molecule has 1 amide bonds. The SMILES string of the molecule is CC(C)Oc1c(I)cc(/C=N/NC(=O)c2cccs2)cc1I. The first-order valence-electron chi connectivity index (χ1n) is 6.50. The first kappa shape index (κ1) is 17.7. The second kappa shape index (κ2) is 8.25. The van der Waals surface area contributed by atoms with E-state index in [0.29, 0.717) is 4.88 Å². The summed E-state index contributed by atoms with van der Waals surface area (Å²) in [6.07, 6.45) is 1.77. The van der Waals surface area contributed by atoms with Crippen LogP contribution >= 0.6 is 56.5 Å². The fourth-order valence-corrected chi connectivity index (χ4v) is 4.31. The van der Waals surface area contributed by atoms with Crippen LogP contribution in [0.2, 0.25) is 0 Å². The molecule has 0 atom stereocenters. The molecule has 0 aliphatic carbocycles. The summed E-state index contributed by atoms with van der Waals surface area (Å²) in [6, 6.07) is 7.55. The van der Waals surface area contributed by atoms with E-state index < -0.39 is 0 Å². The minimum atomic E-state index is -0.199. The number of ether oxygens (including phenoxy) is 1. The van der Waals surface area contributed by atoms with Crippen LogP contribution in [0.5, 0.6) is 5.75 Å². The Morgan fingerprint density at radius 2 is 2.05 bits per heavy atom. The zero-order valence-electron chi connectivity index (χ0n) is 12.0. The summed E-state index contributed by atoms with van der Waals surface area (Å²) in [4.78, 5) is 12.4. The van der Waals surface area contributed by atoms with Crippen molar-refractivity contribution in [1.29, 1.82) is 0 Å². The number of hydrogen-bond acceptors (Lipinski definition) is 4. The van der Waals surface area contributed by atoms with Gasteiger partial charge in [0.2, 0.25) is 0 Å². The monoisotopic (exact) mass is 540 g/mol. The lowest BCUT2D eigenvalue weighted by atomic mass is 10.2. The van der Waals surface area contributed by atoms with Crippen LogP contribution in [-0.2, 0) is 0 Å². The second-order valence-electron chi connectivity index (χ2n) is 4.66. The normalized spacial score (nSPS) is 11.1. The van der Waals surface area contributed by atoms with E-state index in [4.69, 9.17) is 4.74 Å². The van der Waals surface area contributed by atoms with Gasteiger partial charge in [0, 0.05) is 0 Å². The maximum absolute atomic E-state index is 11.8. The highest BCUT2D eigenvalue weighted by molar-refractivity contribution is 14.1. The van der Waals surface area contributed by atoms with Gasteiger partial charge in [-0.25, -0.2) is 5.43 Å². The van der Waals surface area contributed by atoms with Crippen molar-refractivity contribution in [2.24, 2.45) is 5.10 Å². The number of benzene rings is 1. The molecule has 0 bridgehead atoms. The second-order valence-corrected chi connectivity index (χ2v) is 7.93. The quantitative estimate of drug-likeness (QED) is 0.345. The summed E-state index contributed by atoms with van der Waals surface area (Å²) in [6.45, 7) is 4.00. The molecule has 1 aromatic carbocycles. The molecule has 2 rings (SSSR count). The van der Waals surface area contributed by atoms with E-state index >= 15 is 0 Å². The average Bonchev–Trinajstić information content (AvgIpc) is 2.97. The van der Waals surface area contributed by atoms with E-state index in [-0.39, 0.29) is 12.0 Å². The van der Waals surface area contributed by atoms with Crippen molar-refractivity contribution in [2.75, 3.05) is 0 Å². The van der Waals surface area contributed by atoms with Crippen LogP contribution in [0.25, 0.3) is 0 Å². The molecule has 0 aliphatic rings. The number of nitrogens with one attached hydrogen (secondary N) is 1. The smallest absolute Gasteiger partial charge is 0.281 e. The van der Waals surface area contributed by atoms with E-state index in [2.05, 4.69) is 55.7 Å². The van der Waals surface area contributed by atoms with E-state index in [0.717, 1.165) is 18.5 Å². The molecule has 1 aromatic heterocycles. The van der Waals surface area contributed by atoms with Crippen LogP contribution in [0.15, 0.2) is 34.7 Å². The van der Waals surface area contributed by atoms with Gasteiger partial charge in [0.15, 0.2) is 0 Å². The molecule has 4 nitrogen and oxygen atoms in total. The summed E-state index contributed by atoms with van der Waals surface area (Å²) < 4.78 is 7.83. The van der Waals surface area contributed by atoms with Gasteiger partial charge in [-0.2, -0.15) is 5.10 Å². The van der Waals surface area contributed by atoms with Crippen LogP contribution in [0.3, 0.4) is 0 Å². The molecule has 1 N–H and O–H groups in total. The fourth-order valence-electron chi connectivity index (χ4n) is 1.63. The van der Waals surface area contributed by atoms with Gasteiger partial charge in [0.05, 0.1) is 24.3 Å². The highest BCUT2D eigenvalue weighted by atomic mass is 127. The predicted octanol–water partition coefficient (Wildman–Crippen LogP) is 4.51. The van der Waals surface area contributed by atoms with E-state index in [1.54, 1.807) is 12.3 Å².